The van der Waals surface area contributed by atoms with Gasteiger partial charge < -0.3 is 15.3 Å². The fourth-order valence-corrected chi connectivity index (χ4v) is 3.81. The van der Waals surface area contributed by atoms with E-state index in [-0.39, 0.29) is 28.1 Å². The van der Waals surface area contributed by atoms with Crippen molar-refractivity contribution < 1.29 is 15.3 Å². The number of hydrogen-bond acceptors (Lipinski definition) is 5. The Morgan fingerprint density at radius 1 is 0.743 bits per heavy atom. The summed E-state index contributed by atoms with van der Waals surface area (Å²) in [6.07, 6.45) is 1.70. The fourth-order valence-electron chi connectivity index (χ4n) is 3.81. The Morgan fingerprint density at radius 2 is 1.29 bits per heavy atom. The maximum Gasteiger partial charge on any atom is 0.128 e. The van der Waals surface area contributed by atoms with Gasteiger partial charge in [0, 0.05) is 28.5 Å². The van der Waals surface area contributed by atoms with E-state index in [1.807, 2.05) is 18.2 Å². The number of benzene rings is 3. The number of hydrogen-bond donors (Lipinski definition) is 3. The molecule has 0 unspecified atom stereocenters. The van der Waals surface area contributed by atoms with Gasteiger partial charge in [0.05, 0.1) is 18.8 Å². The largest absolute Gasteiger partial charge is 0.507 e. The van der Waals surface area contributed by atoms with Crippen LogP contribution in [0.15, 0.2) is 70.6 Å². The van der Waals surface area contributed by atoms with E-state index in [9.17, 15) is 15.3 Å². The summed E-state index contributed by atoms with van der Waals surface area (Å²) in [5, 5.41) is 31.7. The van der Waals surface area contributed by atoms with Crippen molar-refractivity contribution in [2.24, 2.45) is 9.98 Å². The Kier molecular flexibility index (Phi) is 7.69. The standard InChI is InChI=1S/C30H36N2O3/c1-29(2,3)21-17-20(28(35)24(18-21)30(4,5)6)19-31-15-16-32-27(22-11-7-9-13-25(22)33)23-12-8-10-14-26(23)34/h7-14,17-19,33-35H,15-16H2,1-6H3. The molecule has 0 atom stereocenters. The average Bonchev–Trinajstić information content (AvgIpc) is 2.77. The second-order valence-electron chi connectivity index (χ2n) is 10.8. The number of para-hydroxylation sites is 2. The first-order chi connectivity index (χ1) is 16.4. The quantitative estimate of drug-likeness (QED) is 0.288. The third-order valence-electron chi connectivity index (χ3n) is 5.86. The monoisotopic (exact) mass is 472 g/mol. The molecule has 0 saturated carbocycles. The summed E-state index contributed by atoms with van der Waals surface area (Å²) in [4.78, 5) is 9.21. The zero-order valence-corrected chi connectivity index (χ0v) is 21.5. The lowest BCUT2D eigenvalue weighted by Gasteiger charge is -2.27. The van der Waals surface area contributed by atoms with Gasteiger partial charge in [0.1, 0.15) is 17.2 Å². The minimum absolute atomic E-state index is 0.0646. The second-order valence-corrected chi connectivity index (χ2v) is 10.8. The lowest BCUT2D eigenvalue weighted by Crippen LogP contribution is -2.17. The van der Waals surface area contributed by atoms with E-state index in [0.29, 0.717) is 35.5 Å². The Bertz CT molecular complexity index is 1200. The van der Waals surface area contributed by atoms with E-state index < -0.39 is 0 Å². The number of phenols is 3. The molecule has 3 aromatic rings. The van der Waals surface area contributed by atoms with Crippen LogP contribution >= 0.6 is 0 Å². The van der Waals surface area contributed by atoms with Crippen molar-refractivity contribution in [3.8, 4) is 17.2 Å². The van der Waals surface area contributed by atoms with Gasteiger partial charge in [0.25, 0.3) is 0 Å². The number of aromatic hydroxyl groups is 3. The molecule has 35 heavy (non-hydrogen) atoms. The molecule has 0 bridgehead atoms. The predicted octanol–water partition coefficient (Wildman–Crippen LogP) is 6.35. The van der Waals surface area contributed by atoms with Crippen molar-refractivity contribution in [3.63, 3.8) is 0 Å². The zero-order chi connectivity index (χ0) is 25.8. The van der Waals surface area contributed by atoms with Crippen molar-refractivity contribution >= 4 is 11.9 Å². The molecule has 0 radical (unpaired) electrons. The van der Waals surface area contributed by atoms with Gasteiger partial charge >= 0.3 is 0 Å². The van der Waals surface area contributed by atoms with Crippen LogP contribution < -0.4 is 0 Å². The molecule has 0 heterocycles. The molecule has 3 rings (SSSR count). The van der Waals surface area contributed by atoms with Crippen LogP contribution in [0, 0.1) is 0 Å². The molecule has 5 nitrogen and oxygen atoms in total. The van der Waals surface area contributed by atoms with Crippen LogP contribution in [0.1, 0.15) is 69.4 Å². The lowest BCUT2D eigenvalue weighted by molar-refractivity contribution is 0.444. The van der Waals surface area contributed by atoms with Crippen LogP contribution in [-0.2, 0) is 10.8 Å². The highest BCUT2D eigenvalue weighted by Gasteiger charge is 2.24. The summed E-state index contributed by atoms with van der Waals surface area (Å²) in [6.45, 7) is 13.5. The van der Waals surface area contributed by atoms with Gasteiger partial charge in [-0.05, 0) is 46.7 Å². The Labute approximate surface area is 208 Å². The first-order valence-electron chi connectivity index (χ1n) is 11.9. The van der Waals surface area contributed by atoms with E-state index in [2.05, 4.69) is 57.6 Å². The van der Waals surface area contributed by atoms with E-state index in [4.69, 9.17) is 0 Å². The summed E-state index contributed by atoms with van der Waals surface area (Å²) in [5.41, 5.74) is 4.04. The molecule has 0 aliphatic heterocycles. The highest BCUT2D eigenvalue weighted by atomic mass is 16.3. The van der Waals surface area contributed by atoms with Gasteiger partial charge in [0.15, 0.2) is 0 Å². The minimum atomic E-state index is -0.206. The summed E-state index contributed by atoms with van der Waals surface area (Å²) < 4.78 is 0. The Balaban J connectivity index is 1.90. The molecule has 0 amide bonds. The van der Waals surface area contributed by atoms with Crippen LogP contribution in [0.2, 0.25) is 0 Å². The zero-order valence-electron chi connectivity index (χ0n) is 21.5. The fraction of sp³-hybridized carbons (Fsp3) is 0.333. The maximum atomic E-state index is 10.9. The van der Waals surface area contributed by atoms with E-state index in [1.54, 1.807) is 42.6 Å². The van der Waals surface area contributed by atoms with Crippen LogP contribution in [0.3, 0.4) is 0 Å². The normalized spacial score (nSPS) is 12.2. The molecular formula is C30H36N2O3. The van der Waals surface area contributed by atoms with Gasteiger partial charge in [-0.3, -0.25) is 9.98 Å². The Morgan fingerprint density at radius 3 is 1.77 bits per heavy atom. The molecule has 0 saturated heterocycles. The van der Waals surface area contributed by atoms with E-state index >= 15 is 0 Å². The topological polar surface area (TPSA) is 85.4 Å². The van der Waals surface area contributed by atoms with Gasteiger partial charge in [-0.15, -0.1) is 0 Å². The maximum absolute atomic E-state index is 10.9. The SMILES string of the molecule is CC(C)(C)c1cc(C=NCCN=C(c2ccccc2O)c2ccccc2O)c(O)c(C(C)(C)C)c1. The highest BCUT2D eigenvalue weighted by Crippen LogP contribution is 2.37. The summed E-state index contributed by atoms with van der Waals surface area (Å²) in [7, 11) is 0. The van der Waals surface area contributed by atoms with Crippen molar-refractivity contribution in [2.75, 3.05) is 13.1 Å². The van der Waals surface area contributed by atoms with Gasteiger partial charge in [-0.2, -0.15) is 0 Å². The molecule has 3 N–H and O–H groups in total. The van der Waals surface area contributed by atoms with Crippen LogP contribution in [0.4, 0.5) is 0 Å². The molecule has 0 fully saturated rings. The number of rotatable bonds is 6. The van der Waals surface area contributed by atoms with Crippen molar-refractivity contribution in [2.45, 2.75) is 52.4 Å². The first-order valence-corrected chi connectivity index (χ1v) is 11.9. The van der Waals surface area contributed by atoms with Crippen LogP contribution in [0.25, 0.3) is 0 Å². The predicted molar refractivity (Wildman–Crippen MR) is 145 cm³/mol. The van der Waals surface area contributed by atoms with Crippen LogP contribution in [-0.4, -0.2) is 40.3 Å². The van der Waals surface area contributed by atoms with Gasteiger partial charge in [-0.25, -0.2) is 0 Å². The molecule has 3 aromatic carbocycles. The molecular weight excluding hydrogens is 436 g/mol. The van der Waals surface area contributed by atoms with Crippen molar-refractivity contribution in [1.82, 2.24) is 0 Å². The number of aliphatic imine (C=N–C) groups is 2. The summed E-state index contributed by atoms with van der Waals surface area (Å²) in [6, 6.07) is 17.9. The van der Waals surface area contributed by atoms with Crippen molar-refractivity contribution in [1.29, 1.82) is 0 Å². The summed E-state index contributed by atoms with van der Waals surface area (Å²) >= 11 is 0. The number of phenolic OH excluding ortho intramolecular Hbond substituents is 3. The minimum Gasteiger partial charge on any atom is -0.507 e. The summed E-state index contributed by atoms with van der Waals surface area (Å²) in [5.74, 6) is 0.440. The molecule has 5 heteroatoms. The van der Waals surface area contributed by atoms with Crippen molar-refractivity contribution in [3.05, 3.63) is 88.5 Å². The number of nitrogens with zero attached hydrogens (tertiary/aromatic N) is 2. The Hall–Kier alpha value is -3.60. The molecule has 0 aliphatic carbocycles. The molecule has 0 aliphatic rings. The van der Waals surface area contributed by atoms with E-state index in [0.717, 1.165) is 11.1 Å². The van der Waals surface area contributed by atoms with Crippen LogP contribution in [0.5, 0.6) is 17.2 Å². The first kappa shape index (κ1) is 26.0. The second kappa shape index (κ2) is 10.3. The lowest BCUT2D eigenvalue weighted by atomic mass is 9.79. The van der Waals surface area contributed by atoms with Gasteiger partial charge in [-0.1, -0.05) is 71.9 Å². The average molecular weight is 473 g/mol. The molecule has 0 spiro atoms. The van der Waals surface area contributed by atoms with Gasteiger partial charge in [0.2, 0.25) is 0 Å². The third kappa shape index (κ3) is 6.30. The molecule has 0 aromatic heterocycles. The third-order valence-corrected chi connectivity index (χ3v) is 5.86. The smallest absolute Gasteiger partial charge is 0.128 e. The van der Waals surface area contributed by atoms with E-state index in [1.165, 1.54) is 0 Å². The highest BCUT2D eigenvalue weighted by molar-refractivity contribution is 6.15. The molecule has 184 valence electrons.